The minimum atomic E-state index is -1.36. The van der Waals surface area contributed by atoms with Crippen molar-refractivity contribution in [2.75, 3.05) is 36.8 Å². The molecule has 1 atom stereocenters. The highest BCUT2D eigenvalue weighted by atomic mass is 35.5. The smallest absolute Gasteiger partial charge is 0.179 e. The average molecular weight is 466 g/mol. The van der Waals surface area contributed by atoms with Crippen LogP contribution < -0.4 is 9.62 Å². The van der Waals surface area contributed by atoms with Crippen molar-refractivity contribution in [3.8, 4) is 0 Å². The fraction of sp³-hybridized carbons (Fsp3) is 0.478. The molecule has 1 saturated heterocycles. The number of hydrogen-bond donors (Lipinski definition) is 1. The van der Waals surface area contributed by atoms with E-state index in [4.69, 9.17) is 11.6 Å². The van der Waals surface area contributed by atoms with Crippen molar-refractivity contribution in [1.82, 2.24) is 4.31 Å². The lowest BCUT2D eigenvalue weighted by atomic mass is 9.98. The molecule has 0 amide bonds. The van der Waals surface area contributed by atoms with Gasteiger partial charge in [0.2, 0.25) is 0 Å². The van der Waals surface area contributed by atoms with Gasteiger partial charge in [-0.05, 0) is 82.6 Å². The van der Waals surface area contributed by atoms with Crippen LogP contribution in [0.25, 0.3) is 0 Å². The predicted molar refractivity (Wildman–Crippen MR) is 133 cm³/mol. The minimum Gasteiger partial charge on any atom is -0.588 e. The van der Waals surface area contributed by atoms with Crippen LogP contribution in [0.15, 0.2) is 47.4 Å². The van der Waals surface area contributed by atoms with Gasteiger partial charge in [-0.25, -0.2) is 4.72 Å². The predicted octanol–water partition coefficient (Wildman–Crippen LogP) is 6.16. The van der Waals surface area contributed by atoms with Crippen LogP contribution in [0.5, 0.6) is 0 Å². The van der Waals surface area contributed by atoms with Gasteiger partial charge in [0.25, 0.3) is 0 Å². The molecule has 2 aromatic rings. The summed E-state index contributed by atoms with van der Waals surface area (Å²) in [7, 11) is 4.09. The van der Waals surface area contributed by atoms with Gasteiger partial charge in [-0.1, -0.05) is 42.6 Å². The van der Waals surface area contributed by atoms with Gasteiger partial charge in [0.05, 0.1) is 5.69 Å². The molecule has 30 heavy (non-hydrogen) atoms. The zero-order valence-electron chi connectivity index (χ0n) is 18.4. The van der Waals surface area contributed by atoms with Crippen molar-refractivity contribution in [3.63, 3.8) is 0 Å². The first-order valence-electron chi connectivity index (χ1n) is 10.4. The lowest BCUT2D eigenvalue weighted by molar-refractivity contribution is 0.438. The highest BCUT2D eigenvalue weighted by Crippen LogP contribution is 2.37. The Hall–Kier alpha value is -1.05. The van der Waals surface area contributed by atoms with Gasteiger partial charge >= 0.3 is 0 Å². The summed E-state index contributed by atoms with van der Waals surface area (Å²) in [6.45, 7) is 8.71. The maximum absolute atomic E-state index is 13.1. The number of hydrogen-bond acceptors (Lipinski definition) is 5. The monoisotopic (exact) mass is 465 g/mol. The number of nitrogens with one attached hydrogen (secondary N) is 1. The summed E-state index contributed by atoms with van der Waals surface area (Å²) in [5.74, 6) is 0.757. The van der Waals surface area contributed by atoms with E-state index in [1.807, 2.05) is 44.4 Å². The van der Waals surface area contributed by atoms with Crippen LogP contribution in [-0.4, -0.2) is 36.0 Å². The first kappa shape index (κ1) is 23.6. The molecule has 0 saturated carbocycles. The van der Waals surface area contributed by atoms with E-state index in [-0.39, 0.29) is 4.75 Å². The van der Waals surface area contributed by atoms with E-state index in [1.165, 1.54) is 18.4 Å². The van der Waals surface area contributed by atoms with Gasteiger partial charge in [0, 0.05) is 22.9 Å². The fourth-order valence-electron chi connectivity index (χ4n) is 3.76. The zero-order chi connectivity index (χ0) is 21.9. The van der Waals surface area contributed by atoms with Crippen molar-refractivity contribution >= 4 is 46.3 Å². The molecular formula is C23H32ClN3OS2. The van der Waals surface area contributed by atoms with Gasteiger partial charge in [-0.2, -0.15) is 0 Å². The molecule has 0 aromatic heterocycles. The van der Waals surface area contributed by atoms with Crippen LogP contribution in [0.4, 0.5) is 11.4 Å². The molecule has 164 valence electrons. The summed E-state index contributed by atoms with van der Waals surface area (Å²) in [6, 6.07) is 13.8. The van der Waals surface area contributed by atoms with Gasteiger partial charge in [0.15, 0.2) is 4.90 Å². The Kier molecular flexibility index (Phi) is 7.91. The molecule has 3 rings (SSSR count). The second-order valence-electron chi connectivity index (χ2n) is 8.64. The molecule has 0 bridgehead atoms. The molecule has 1 aliphatic rings. The van der Waals surface area contributed by atoms with Gasteiger partial charge in [-0.3, -0.25) is 4.31 Å². The third kappa shape index (κ3) is 6.01. The van der Waals surface area contributed by atoms with Crippen molar-refractivity contribution in [2.45, 2.75) is 43.3 Å². The number of benzene rings is 2. The van der Waals surface area contributed by atoms with Crippen LogP contribution in [0.3, 0.4) is 0 Å². The highest BCUT2D eigenvalue weighted by Gasteiger charge is 2.25. The zero-order valence-corrected chi connectivity index (χ0v) is 20.8. The Morgan fingerprint density at radius 1 is 1.13 bits per heavy atom. The number of nitrogens with zero attached hydrogens (tertiary/aromatic N) is 2. The summed E-state index contributed by atoms with van der Waals surface area (Å²) in [4.78, 5) is 3.11. The molecule has 0 spiro atoms. The quantitative estimate of drug-likeness (QED) is 0.392. The first-order chi connectivity index (χ1) is 14.2. The molecule has 4 nitrogen and oxygen atoms in total. The van der Waals surface area contributed by atoms with Crippen molar-refractivity contribution < 1.29 is 4.55 Å². The SMILES string of the molecule is CC1CCN(c2ccc(Cl)cc2N[S+]([O-])c2ccc(C(C)(C)SN(C)C)cc2)CC1. The van der Waals surface area contributed by atoms with E-state index in [0.717, 1.165) is 35.3 Å². The number of anilines is 2. The highest BCUT2D eigenvalue weighted by molar-refractivity contribution is 7.97. The average Bonchev–Trinajstić information content (AvgIpc) is 2.68. The second kappa shape index (κ2) is 10.0. The van der Waals surface area contributed by atoms with E-state index >= 15 is 0 Å². The lowest BCUT2D eigenvalue weighted by Crippen LogP contribution is -2.33. The standard InChI is InChI=1S/C23H32ClN3OS2/c1-17-12-14-27(15-13-17)22-11-8-19(24)16-21(22)25-30(28)20-9-6-18(7-10-20)23(2,3)29-26(4)5/h6-11,16-17,25H,12-15H2,1-5H3. The molecule has 7 heteroatoms. The van der Waals surface area contributed by atoms with Crippen LogP contribution in [0.1, 0.15) is 39.2 Å². The number of halogens is 1. The minimum absolute atomic E-state index is 0.0531. The molecular weight excluding hydrogens is 434 g/mol. The Morgan fingerprint density at radius 2 is 1.77 bits per heavy atom. The van der Waals surface area contributed by atoms with Crippen molar-refractivity contribution in [3.05, 3.63) is 53.1 Å². The molecule has 1 N–H and O–H groups in total. The number of piperidine rings is 1. The van der Waals surface area contributed by atoms with Crippen molar-refractivity contribution in [2.24, 2.45) is 5.92 Å². The van der Waals surface area contributed by atoms with Crippen LogP contribution in [0, 0.1) is 5.92 Å². The normalized spacial score (nSPS) is 16.7. The summed E-state index contributed by atoms with van der Waals surface area (Å²) in [5.41, 5.74) is 3.09. The molecule has 0 aliphatic carbocycles. The summed E-state index contributed by atoms with van der Waals surface area (Å²) in [5, 5.41) is 0.640. The Bertz CT molecular complexity index is 837. The molecule has 1 aliphatic heterocycles. The van der Waals surface area contributed by atoms with Gasteiger partial charge in [0.1, 0.15) is 17.0 Å². The third-order valence-electron chi connectivity index (χ3n) is 5.46. The maximum Gasteiger partial charge on any atom is 0.179 e. The molecule has 1 heterocycles. The maximum atomic E-state index is 13.1. The van der Waals surface area contributed by atoms with Crippen LogP contribution >= 0.6 is 23.5 Å². The third-order valence-corrected chi connectivity index (χ3v) is 7.86. The summed E-state index contributed by atoms with van der Waals surface area (Å²) >= 11 is 6.66. The fourth-order valence-corrected chi connectivity index (χ4v) is 5.95. The van der Waals surface area contributed by atoms with E-state index in [1.54, 1.807) is 11.9 Å². The first-order valence-corrected chi connectivity index (χ1v) is 12.7. The van der Waals surface area contributed by atoms with Gasteiger partial charge < -0.3 is 9.45 Å². The number of rotatable bonds is 7. The van der Waals surface area contributed by atoms with Crippen LogP contribution in [-0.2, 0) is 16.1 Å². The van der Waals surface area contributed by atoms with E-state index < -0.39 is 11.4 Å². The van der Waals surface area contributed by atoms with Gasteiger partial charge in [-0.15, -0.1) is 0 Å². The summed E-state index contributed by atoms with van der Waals surface area (Å²) < 4.78 is 18.3. The largest absolute Gasteiger partial charge is 0.588 e. The Labute approximate surface area is 193 Å². The summed E-state index contributed by atoms with van der Waals surface area (Å²) in [6.07, 6.45) is 2.35. The van der Waals surface area contributed by atoms with E-state index in [0.29, 0.717) is 5.02 Å². The van der Waals surface area contributed by atoms with E-state index in [2.05, 4.69) is 46.8 Å². The topological polar surface area (TPSA) is 41.6 Å². The molecule has 0 radical (unpaired) electrons. The molecule has 1 fully saturated rings. The Balaban J connectivity index is 1.76. The Morgan fingerprint density at radius 3 is 2.37 bits per heavy atom. The molecule has 2 aromatic carbocycles. The second-order valence-corrected chi connectivity index (χ2v) is 12.2. The van der Waals surface area contributed by atoms with E-state index in [9.17, 15) is 4.55 Å². The lowest BCUT2D eigenvalue weighted by Gasteiger charge is -2.33. The van der Waals surface area contributed by atoms with Crippen molar-refractivity contribution in [1.29, 1.82) is 0 Å². The van der Waals surface area contributed by atoms with Crippen LogP contribution in [0.2, 0.25) is 5.02 Å². The molecule has 1 unspecified atom stereocenters.